The molecule has 0 radical (unpaired) electrons. The number of halogens is 1. The highest BCUT2D eigenvalue weighted by Crippen LogP contribution is 2.28. The molecule has 0 atom stereocenters. The highest BCUT2D eigenvalue weighted by Gasteiger charge is 1.96. The van der Waals surface area contributed by atoms with Crippen molar-refractivity contribution < 1.29 is 0 Å². The van der Waals surface area contributed by atoms with Crippen LogP contribution >= 0.6 is 34.9 Å². The van der Waals surface area contributed by atoms with E-state index in [0.717, 1.165) is 9.23 Å². The van der Waals surface area contributed by atoms with E-state index in [9.17, 15) is 0 Å². The molecule has 44 valence electrons. The molecule has 0 saturated heterocycles. The summed E-state index contributed by atoms with van der Waals surface area (Å²) in [6.07, 6.45) is 0. The molecule has 0 fully saturated rings. The van der Waals surface area contributed by atoms with E-state index < -0.39 is 0 Å². The molecule has 1 rings (SSSR count). The fourth-order valence-corrected chi connectivity index (χ4v) is 1.85. The van der Waals surface area contributed by atoms with Gasteiger partial charge in [0.2, 0.25) is 0 Å². The Balaban J connectivity index is 2.92. The van der Waals surface area contributed by atoms with Crippen LogP contribution in [0.15, 0.2) is 15.7 Å². The minimum absolute atomic E-state index is 0.752. The zero-order chi connectivity index (χ0) is 5.98. The Kier molecular flexibility index (Phi) is 2.19. The van der Waals surface area contributed by atoms with Crippen LogP contribution in [0, 0.1) is 0 Å². The SMILES string of the molecule is NSc1sccc1Cl. The third-order valence-electron chi connectivity index (χ3n) is 0.691. The van der Waals surface area contributed by atoms with E-state index in [1.807, 2.05) is 11.4 Å². The topological polar surface area (TPSA) is 26.0 Å². The molecule has 0 aliphatic rings. The van der Waals surface area contributed by atoms with Crippen molar-refractivity contribution in [3.05, 3.63) is 16.5 Å². The van der Waals surface area contributed by atoms with Gasteiger partial charge in [0.1, 0.15) is 0 Å². The summed E-state index contributed by atoms with van der Waals surface area (Å²) in [5.41, 5.74) is 0. The predicted octanol–water partition coefficient (Wildman–Crippen LogP) is 2.37. The molecular formula is C4H4ClNS2. The van der Waals surface area contributed by atoms with Gasteiger partial charge in [0.15, 0.2) is 0 Å². The van der Waals surface area contributed by atoms with Crippen LogP contribution in [-0.4, -0.2) is 0 Å². The van der Waals surface area contributed by atoms with Gasteiger partial charge < -0.3 is 0 Å². The zero-order valence-corrected chi connectivity index (χ0v) is 6.32. The molecule has 2 N–H and O–H groups in total. The third kappa shape index (κ3) is 1.17. The Hall–Kier alpha value is 0.300. The summed E-state index contributed by atoms with van der Waals surface area (Å²) < 4.78 is 0.978. The van der Waals surface area contributed by atoms with E-state index >= 15 is 0 Å². The van der Waals surface area contributed by atoms with Gasteiger partial charge >= 0.3 is 0 Å². The molecule has 0 unspecified atom stereocenters. The molecule has 0 aromatic carbocycles. The van der Waals surface area contributed by atoms with Crippen molar-refractivity contribution in [3.8, 4) is 0 Å². The van der Waals surface area contributed by atoms with Crippen LogP contribution < -0.4 is 5.14 Å². The number of nitrogens with two attached hydrogens (primary N) is 1. The Morgan fingerprint density at radius 1 is 1.75 bits per heavy atom. The zero-order valence-electron chi connectivity index (χ0n) is 3.93. The third-order valence-corrected chi connectivity index (χ3v) is 2.95. The molecule has 0 spiro atoms. The molecule has 0 amide bonds. The van der Waals surface area contributed by atoms with Crippen LogP contribution in [-0.2, 0) is 0 Å². The first kappa shape index (κ1) is 6.42. The highest BCUT2D eigenvalue weighted by molar-refractivity contribution is 7.99. The Morgan fingerprint density at radius 2 is 2.50 bits per heavy atom. The first-order chi connectivity index (χ1) is 3.84. The number of thiophene rings is 1. The monoisotopic (exact) mass is 165 g/mol. The second-order valence-electron chi connectivity index (χ2n) is 1.17. The van der Waals surface area contributed by atoms with Crippen molar-refractivity contribution in [2.75, 3.05) is 0 Å². The quantitative estimate of drug-likeness (QED) is 0.647. The molecule has 4 heteroatoms. The van der Waals surface area contributed by atoms with Gasteiger partial charge in [-0.05, 0) is 23.4 Å². The van der Waals surface area contributed by atoms with Crippen LogP contribution in [0.2, 0.25) is 5.02 Å². The summed E-state index contributed by atoms with van der Waals surface area (Å²) >= 11 is 8.39. The lowest BCUT2D eigenvalue weighted by atomic mass is 10.7. The van der Waals surface area contributed by atoms with Crippen molar-refractivity contribution >= 4 is 34.9 Å². The van der Waals surface area contributed by atoms with Crippen LogP contribution in [0.25, 0.3) is 0 Å². The molecule has 8 heavy (non-hydrogen) atoms. The van der Waals surface area contributed by atoms with Gasteiger partial charge in [-0.15, -0.1) is 11.3 Å². The van der Waals surface area contributed by atoms with Gasteiger partial charge in [0, 0.05) is 0 Å². The maximum atomic E-state index is 5.65. The summed E-state index contributed by atoms with van der Waals surface area (Å²) in [7, 11) is 0. The minimum atomic E-state index is 0.752. The van der Waals surface area contributed by atoms with Gasteiger partial charge in [-0.2, -0.15) is 0 Å². The lowest BCUT2D eigenvalue weighted by Crippen LogP contribution is -1.72. The molecule has 1 heterocycles. The van der Waals surface area contributed by atoms with Crippen LogP contribution in [0.1, 0.15) is 0 Å². The van der Waals surface area contributed by atoms with Crippen LogP contribution in [0.3, 0.4) is 0 Å². The van der Waals surface area contributed by atoms with Gasteiger partial charge in [-0.3, -0.25) is 5.14 Å². The fraction of sp³-hybridized carbons (Fsp3) is 0. The van der Waals surface area contributed by atoms with E-state index in [4.69, 9.17) is 16.7 Å². The average molecular weight is 166 g/mol. The summed E-state index contributed by atoms with van der Waals surface area (Å²) in [5.74, 6) is 0. The number of rotatable bonds is 1. The predicted molar refractivity (Wildman–Crippen MR) is 39.4 cm³/mol. The van der Waals surface area contributed by atoms with Crippen molar-refractivity contribution in [2.45, 2.75) is 4.21 Å². The Labute approximate surface area is 61.0 Å². The standard InChI is InChI=1S/C4H4ClNS2/c5-3-1-2-7-4(3)8-6/h1-2H,6H2. The van der Waals surface area contributed by atoms with E-state index in [-0.39, 0.29) is 0 Å². The maximum absolute atomic E-state index is 5.65. The van der Waals surface area contributed by atoms with Crippen LogP contribution in [0.5, 0.6) is 0 Å². The van der Waals surface area contributed by atoms with Crippen molar-refractivity contribution in [2.24, 2.45) is 5.14 Å². The first-order valence-electron chi connectivity index (χ1n) is 1.94. The van der Waals surface area contributed by atoms with E-state index in [1.54, 1.807) is 11.3 Å². The largest absolute Gasteiger partial charge is 0.273 e. The fourth-order valence-electron chi connectivity index (χ4n) is 0.364. The molecule has 0 aliphatic heterocycles. The lowest BCUT2D eigenvalue weighted by molar-refractivity contribution is 1.72. The van der Waals surface area contributed by atoms with Gasteiger partial charge in [0.25, 0.3) is 0 Å². The smallest absolute Gasteiger partial charge is 0.0935 e. The van der Waals surface area contributed by atoms with E-state index in [2.05, 4.69) is 0 Å². The molecule has 0 saturated carbocycles. The van der Waals surface area contributed by atoms with Crippen molar-refractivity contribution in [3.63, 3.8) is 0 Å². The number of hydrogen-bond donors (Lipinski definition) is 1. The molecule has 0 aliphatic carbocycles. The van der Waals surface area contributed by atoms with Gasteiger partial charge in [0.05, 0.1) is 9.23 Å². The summed E-state index contributed by atoms with van der Waals surface area (Å²) in [5, 5.41) is 7.90. The molecule has 1 aromatic rings. The van der Waals surface area contributed by atoms with E-state index in [0.29, 0.717) is 0 Å². The second kappa shape index (κ2) is 2.73. The lowest BCUT2D eigenvalue weighted by Gasteiger charge is -1.84. The maximum Gasteiger partial charge on any atom is 0.0935 e. The van der Waals surface area contributed by atoms with Crippen LogP contribution in [0.4, 0.5) is 0 Å². The molecule has 1 aromatic heterocycles. The molecule has 0 bridgehead atoms. The summed E-state index contributed by atoms with van der Waals surface area (Å²) in [4.78, 5) is 0. The van der Waals surface area contributed by atoms with E-state index in [1.165, 1.54) is 11.9 Å². The van der Waals surface area contributed by atoms with Crippen molar-refractivity contribution in [1.29, 1.82) is 0 Å². The molecular weight excluding hydrogens is 162 g/mol. The average Bonchev–Trinajstić information content (AvgIpc) is 2.14. The summed E-state index contributed by atoms with van der Waals surface area (Å²) in [6, 6.07) is 1.83. The second-order valence-corrected chi connectivity index (χ2v) is 3.40. The molecule has 1 nitrogen and oxygen atoms in total. The van der Waals surface area contributed by atoms with Crippen molar-refractivity contribution in [1.82, 2.24) is 0 Å². The Morgan fingerprint density at radius 3 is 2.75 bits per heavy atom. The first-order valence-corrected chi connectivity index (χ1v) is 4.08. The highest BCUT2D eigenvalue weighted by atomic mass is 35.5. The van der Waals surface area contributed by atoms with Gasteiger partial charge in [-0.1, -0.05) is 11.6 Å². The Bertz CT molecular complexity index is 174. The van der Waals surface area contributed by atoms with Gasteiger partial charge in [-0.25, -0.2) is 0 Å². The minimum Gasteiger partial charge on any atom is -0.273 e. The normalized spacial score (nSPS) is 9.75. The summed E-state index contributed by atoms with van der Waals surface area (Å²) in [6.45, 7) is 0. The number of hydrogen-bond acceptors (Lipinski definition) is 3.